The first kappa shape index (κ1) is 17.4. The van der Waals surface area contributed by atoms with Gasteiger partial charge in [-0.15, -0.1) is 11.8 Å². The molecular weight excluding hydrogens is 304 g/mol. The highest BCUT2D eigenvalue weighted by atomic mass is 32.2. The first-order valence-electron chi connectivity index (χ1n) is 7.67. The minimum absolute atomic E-state index is 0.0194. The number of amides is 1. The van der Waals surface area contributed by atoms with Crippen LogP contribution >= 0.6 is 11.8 Å². The number of thioether (sulfide) groups is 1. The molecule has 0 aliphatic rings. The van der Waals surface area contributed by atoms with E-state index in [0.29, 0.717) is 12.1 Å². The molecular formula is C19H24N2OS. The molecule has 2 aromatic carbocycles. The van der Waals surface area contributed by atoms with Gasteiger partial charge in [-0.1, -0.05) is 32.9 Å². The van der Waals surface area contributed by atoms with Gasteiger partial charge in [-0.05, 0) is 48.4 Å². The summed E-state index contributed by atoms with van der Waals surface area (Å²) in [5, 5.41) is 2.98. The third-order valence-electron chi connectivity index (χ3n) is 3.24. The minimum Gasteiger partial charge on any atom is -0.399 e. The molecule has 0 atom stereocenters. The number of nitrogens with one attached hydrogen (secondary N) is 1. The van der Waals surface area contributed by atoms with E-state index in [9.17, 15) is 4.79 Å². The maximum absolute atomic E-state index is 12.2. The molecule has 0 aliphatic carbocycles. The molecule has 0 spiro atoms. The van der Waals surface area contributed by atoms with Crippen LogP contribution < -0.4 is 11.1 Å². The van der Waals surface area contributed by atoms with E-state index in [4.69, 9.17) is 5.73 Å². The average molecular weight is 328 g/mol. The summed E-state index contributed by atoms with van der Waals surface area (Å²) in [6, 6.07) is 13.5. The number of benzene rings is 2. The van der Waals surface area contributed by atoms with Gasteiger partial charge < -0.3 is 11.1 Å². The van der Waals surface area contributed by atoms with Crippen molar-refractivity contribution in [3.05, 3.63) is 53.6 Å². The van der Waals surface area contributed by atoms with Crippen molar-refractivity contribution in [2.75, 3.05) is 11.1 Å². The van der Waals surface area contributed by atoms with Gasteiger partial charge in [-0.2, -0.15) is 0 Å². The fraction of sp³-hybridized carbons (Fsp3) is 0.316. The Balaban J connectivity index is 2.02. The third kappa shape index (κ3) is 5.64. The molecule has 0 unspecified atom stereocenters. The third-order valence-corrected chi connectivity index (χ3v) is 4.34. The lowest BCUT2D eigenvalue weighted by Gasteiger charge is -2.18. The number of aryl methyl sites for hydroxylation is 1. The maximum atomic E-state index is 12.2. The normalized spacial score (nSPS) is 11.3. The molecule has 122 valence electrons. The molecule has 0 aromatic heterocycles. The van der Waals surface area contributed by atoms with E-state index >= 15 is 0 Å². The summed E-state index contributed by atoms with van der Waals surface area (Å²) in [6.07, 6.45) is 0.345. The smallest absolute Gasteiger partial charge is 0.228 e. The molecule has 0 bridgehead atoms. The van der Waals surface area contributed by atoms with Gasteiger partial charge in [0, 0.05) is 21.0 Å². The Morgan fingerprint density at radius 3 is 2.35 bits per heavy atom. The van der Waals surface area contributed by atoms with E-state index in [1.165, 1.54) is 4.90 Å². The first-order valence-corrected chi connectivity index (χ1v) is 8.48. The van der Waals surface area contributed by atoms with Crippen molar-refractivity contribution in [1.82, 2.24) is 0 Å². The number of nitrogens with two attached hydrogens (primary N) is 1. The standard InChI is InChI=1S/C19H24N2OS/c1-13-11-16(23-19(2,3)4)9-10-17(13)21-18(22)12-14-5-7-15(20)8-6-14/h5-11H,12,20H2,1-4H3,(H,21,22). The van der Waals surface area contributed by atoms with Crippen molar-refractivity contribution in [2.45, 2.75) is 43.8 Å². The van der Waals surface area contributed by atoms with Gasteiger partial charge in [-0.3, -0.25) is 4.79 Å². The van der Waals surface area contributed by atoms with Crippen LogP contribution in [0.1, 0.15) is 31.9 Å². The highest BCUT2D eigenvalue weighted by molar-refractivity contribution is 8.00. The SMILES string of the molecule is Cc1cc(SC(C)(C)C)ccc1NC(=O)Cc1ccc(N)cc1. The Morgan fingerprint density at radius 2 is 1.78 bits per heavy atom. The zero-order valence-electron chi connectivity index (χ0n) is 14.1. The lowest BCUT2D eigenvalue weighted by molar-refractivity contribution is -0.115. The average Bonchev–Trinajstić information content (AvgIpc) is 2.43. The molecule has 0 fully saturated rings. The number of nitrogen functional groups attached to an aromatic ring is 1. The van der Waals surface area contributed by atoms with Crippen LogP contribution in [-0.2, 0) is 11.2 Å². The zero-order chi connectivity index (χ0) is 17.0. The summed E-state index contributed by atoms with van der Waals surface area (Å²) in [4.78, 5) is 13.4. The largest absolute Gasteiger partial charge is 0.399 e. The summed E-state index contributed by atoms with van der Waals surface area (Å²) in [7, 11) is 0. The Morgan fingerprint density at radius 1 is 1.13 bits per heavy atom. The lowest BCUT2D eigenvalue weighted by Crippen LogP contribution is -2.15. The summed E-state index contributed by atoms with van der Waals surface area (Å²) in [5.41, 5.74) is 9.25. The molecule has 0 heterocycles. The second-order valence-electron chi connectivity index (χ2n) is 6.66. The van der Waals surface area contributed by atoms with Crippen LogP contribution in [0.5, 0.6) is 0 Å². The number of carbonyl (C=O) groups excluding carboxylic acids is 1. The van der Waals surface area contributed by atoms with Crippen LogP contribution in [-0.4, -0.2) is 10.7 Å². The molecule has 0 radical (unpaired) electrons. The van der Waals surface area contributed by atoms with E-state index in [1.807, 2.05) is 49.0 Å². The van der Waals surface area contributed by atoms with Crippen molar-refractivity contribution in [3.63, 3.8) is 0 Å². The minimum atomic E-state index is -0.0194. The Hall–Kier alpha value is -1.94. The van der Waals surface area contributed by atoms with Crippen molar-refractivity contribution < 1.29 is 4.79 Å². The van der Waals surface area contributed by atoms with Gasteiger partial charge >= 0.3 is 0 Å². The molecule has 3 N–H and O–H groups in total. The fourth-order valence-electron chi connectivity index (χ4n) is 2.21. The molecule has 2 rings (SSSR count). The number of carbonyl (C=O) groups is 1. The second-order valence-corrected chi connectivity index (χ2v) is 8.56. The van der Waals surface area contributed by atoms with Gasteiger partial charge in [-0.25, -0.2) is 0 Å². The Labute approximate surface area is 142 Å². The lowest BCUT2D eigenvalue weighted by atomic mass is 10.1. The van der Waals surface area contributed by atoms with Gasteiger partial charge in [0.05, 0.1) is 6.42 Å². The summed E-state index contributed by atoms with van der Waals surface area (Å²) in [5.74, 6) is -0.0194. The number of hydrogen-bond acceptors (Lipinski definition) is 3. The van der Waals surface area contributed by atoms with Crippen LogP contribution in [0.2, 0.25) is 0 Å². The Kier molecular flexibility index (Phi) is 5.37. The fourth-order valence-corrected chi connectivity index (χ4v) is 3.29. The second kappa shape index (κ2) is 7.09. The van der Waals surface area contributed by atoms with Gasteiger partial charge in [0.1, 0.15) is 0 Å². The van der Waals surface area contributed by atoms with Crippen LogP contribution in [0, 0.1) is 6.92 Å². The van der Waals surface area contributed by atoms with Crippen LogP contribution in [0.4, 0.5) is 11.4 Å². The summed E-state index contributed by atoms with van der Waals surface area (Å²) >= 11 is 1.82. The molecule has 4 heteroatoms. The topological polar surface area (TPSA) is 55.1 Å². The van der Waals surface area contributed by atoms with Gasteiger partial charge in [0.15, 0.2) is 0 Å². The number of rotatable bonds is 4. The van der Waals surface area contributed by atoms with Gasteiger partial charge in [0.2, 0.25) is 5.91 Å². The van der Waals surface area contributed by atoms with E-state index in [0.717, 1.165) is 16.8 Å². The molecule has 1 amide bonds. The molecule has 0 aliphatic heterocycles. The highest BCUT2D eigenvalue weighted by Crippen LogP contribution is 2.33. The molecule has 0 saturated heterocycles. The number of anilines is 2. The van der Waals surface area contributed by atoms with Crippen molar-refractivity contribution in [3.8, 4) is 0 Å². The highest BCUT2D eigenvalue weighted by Gasteiger charge is 2.13. The van der Waals surface area contributed by atoms with E-state index < -0.39 is 0 Å². The molecule has 3 nitrogen and oxygen atoms in total. The summed E-state index contributed by atoms with van der Waals surface area (Å²) in [6.45, 7) is 8.59. The monoisotopic (exact) mass is 328 g/mol. The molecule has 23 heavy (non-hydrogen) atoms. The van der Waals surface area contributed by atoms with Crippen molar-refractivity contribution >= 4 is 29.0 Å². The van der Waals surface area contributed by atoms with Crippen LogP contribution in [0.25, 0.3) is 0 Å². The van der Waals surface area contributed by atoms with Crippen molar-refractivity contribution in [2.24, 2.45) is 0 Å². The zero-order valence-corrected chi connectivity index (χ0v) is 15.0. The van der Waals surface area contributed by atoms with E-state index in [2.05, 4.69) is 38.2 Å². The molecule has 2 aromatic rings. The van der Waals surface area contributed by atoms with E-state index in [1.54, 1.807) is 0 Å². The predicted octanol–water partition coefficient (Wildman–Crippen LogP) is 4.65. The van der Waals surface area contributed by atoms with Crippen LogP contribution in [0.15, 0.2) is 47.4 Å². The van der Waals surface area contributed by atoms with Crippen LogP contribution in [0.3, 0.4) is 0 Å². The first-order chi connectivity index (χ1) is 10.7. The quantitative estimate of drug-likeness (QED) is 0.634. The maximum Gasteiger partial charge on any atom is 0.228 e. The number of hydrogen-bond donors (Lipinski definition) is 2. The predicted molar refractivity (Wildman–Crippen MR) is 100.0 cm³/mol. The van der Waals surface area contributed by atoms with E-state index in [-0.39, 0.29) is 10.7 Å². The Bertz CT molecular complexity index is 688. The molecule has 0 saturated carbocycles. The van der Waals surface area contributed by atoms with Crippen molar-refractivity contribution in [1.29, 1.82) is 0 Å². The summed E-state index contributed by atoms with van der Waals surface area (Å²) < 4.78 is 0.173. The van der Waals surface area contributed by atoms with Gasteiger partial charge in [0.25, 0.3) is 0 Å².